The molecule has 0 bridgehead atoms. The van der Waals surface area contributed by atoms with E-state index in [0.717, 1.165) is 5.56 Å². The molecule has 0 spiro atoms. The molecular formula is C14H14Br2N2O. The van der Waals surface area contributed by atoms with Gasteiger partial charge < -0.3 is 0 Å². The molecule has 100 valence electrons. The Morgan fingerprint density at radius 2 is 1.84 bits per heavy atom. The lowest BCUT2D eigenvalue weighted by Gasteiger charge is -2.08. The van der Waals surface area contributed by atoms with Crippen molar-refractivity contribution in [1.29, 1.82) is 0 Å². The summed E-state index contributed by atoms with van der Waals surface area (Å²) in [5.41, 5.74) is 2.22. The zero-order valence-electron chi connectivity index (χ0n) is 10.7. The summed E-state index contributed by atoms with van der Waals surface area (Å²) >= 11 is 6.52. The SMILES string of the molecule is CC(C)c1ccc(Cn2ncc(Br)c(Br)c2=O)cc1. The van der Waals surface area contributed by atoms with Gasteiger partial charge in [0.1, 0.15) is 4.47 Å². The molecule has 2 aromatic rings. The second-order valence-corrected chi connectivity index (χ2v) is 6.31. The van der Waals surface area contributed by atoms with Crippen LogP contribution in [0.3, 0.4) is 0 Å². The maximum absolute atomic E-state index is 12.0. The van der Waals surface area contributed by atoms with Crippen LogP contribution in [0.2, 0.25) is 0 Å². The number of nitrogens with zero attached hydrogens (tertiary/aromatic N) is 2. The third-order valence-electron chi connectivity index (χ3n) is 2.92. The van der Waals surface area contributed by atoms with Gasteiger partial charge in [0.25, 0.3) is 5.56 Å². The van der Waals surface area contributed by atoms with Crippen molar-refractivity contribution in [3.05, 3.63) is 60.9 Å². The van der Waals surface area contributed by atoms with Crippen molar-refractivity contribution in [1.82, 2.24) is 9.78 Å². The summed E-state index contributed by atoms with van der Waals surface area (Å²) in [5, 5.41) is 4.12. The van der Waals surface area contributed by atoms with Gasteiger partial charge in [0.2, 0.25) is 0 Å². The van der Waals surface area contributed by atoms with Gasteiger partial charge in [-0.05, 0) is 48.9 Å². The van der Waals surface area contributed by atoms with E-state index < -0.39 is 0 Å². The van der Waals surface area contributed by atoms with E-state index in [4.69, 9.17) is 0 Å². The van der Waals surface area contributed by atoms with Gasteiger partial charge in [-0.3, -0.25) is 4.79 Å². The van der Waals surface area contributed by atoms with Gasteiger partial charge in [-0.25, -0.2) is 4.68 Å². The van der Waals surface area contributed by atoms with Crippen LogP contribution in [-0.2, 0) is 6.54 Å². The molecule has 0 aliphatic carbocycles. The first-order valence-corrected chi connectivity index (χ1v) is 7.57. The first-order valence-electron chi connectivity index (χ1n) is 5.99. The molecular weight excluding hydrogens is 372 g/mol. The molecule has 1 heterocycles. The van der Waals surface area contributed by atoms with E-state index in [2.05, 4.69) is 62.9 Å². The number of halogens is 2. The smallest absolute Gasteiger partial charge is 0.266 e. The van der Waals surface area contributed by atoms with E-state index in [-0.39, 0.29) is 5.56 Å². The molecule has 1 aromatic heterocycles. The lowest BCUT2D eigenvalue weighted by molar-refractivity contribution is 0.632. The van der Waals surface area contributed by atoms with Crippen LogP contribution in [0.25, 0.3) is 0 Å². The highest BCUT2D eigenvalue weighted by Gasteiger charge is 2.07. The minimum atomic E-state index is -0.137. The van der Waals surface area contributed by atoms with Crippen molar-refractivity contribution in [2.24, 2.45) is 0 Å². The largest absolute Gasteiger partial charge is 0.282 e. The van der Waals surface area contributed by atoms with E-state index in [9.17, 15) is 4.79 Å². The van der Waals surface area contributed by atoms with Crippen LogP contribution in [0, 0.1) is 0 Å². The maximum Gasteiger partial charge on any atom is 0.282 e. The molecule has 3 nitrogen and oxygen atoms in total. The van der Waals surface area contributed by atoms with Crippen molar-refractivity contribution in [2.45, 2.75) is 26.3 Å². The van der Waals surface area contributed by atoms with Crippen LogP contribution in [0.15, 0.2) is 44.2 Å². The van der Waals surface area contributed by atoms with Crippen LogP contribution < -0.4 is 5.56 Å². The summed E-state index contributed by atoms with van der Waals surface area (Å²) in [7, 11) is 0. The predicted molar refractivity (Wildman–Crippen MR) is 83.5 cm³/mol. The molecule has 0 saturated heterocycles. The van der Waals surface area contributed by atoms with Gasteiger partial charge in [0.15, 0.2) is 0 Å². The number of hydrogen-bond acceptors (Lipinski definition) is 2. The van der Waals surface area contributed by atoms with Crippen molar-refractivity contribution in [2.75, 3.05) is 0 Å². The molecule has 0 radical (unpaired) electrons. The Bertz CT molecular complexity index is 633. The lowest BCUT2D eigenvalue weighted by Crippen LogP contribution is -2.24. The highest BCUT2D eigenvalue weighted by atomic mass is 79.9. The standard InChI is InChI=1S/C14H14Br2N2O/c1-9(2)11-5-3-10(4-6-11)8-18-14(19)13(16)12(15)7-17-18/h3-7,9H,8H2,1-2H3. The van der Waals surface area contributed by atoms with Gasteiger partial charge in [-0.15, -0.1) is 0 Å². The first kappa shape index (κ1) is 14.5. The highest BCUT2D eigenvalue weighted by Crippen LogP contribution is 2.17. The van der Waals surface area contributed by atoms with Gasteiger partial charge in [0, 0.05) is 0 Å². The second-order valence-electron chi connectivity index (χ2n) is 4.67. The normalized spacial score (nSPS) is 11.0. The Morgan fingerprint density at radius 3 is 2.42 bits per heavy atom. The summed E-state index contributed by atoms with van der Waals surface area (Å²) in [6.45, 7) is 4.79. The summed E-state index contributed by atoms with van der Waals surface area (Å²) in [6.07, 6.45) is 1.62. The van der Waals surface area contributed by atoms with Crippen LogP contribution in [0.1, 0.15) is 30.9 Å². The van der Waals surface area contributed by atoms with E-state index in [1.165, 1.54) is 10.2 Å². The first-order chi connectivity index (χ1) is 8.99. The van der Waals surface area contributed by atoms with Crippen LogP contribution in [0.4, 0.5) is 0 Å². The van der Waals surface area contributed by atoms with Gasteiger partial charge in [-0.1, -0.05) is 38.1 Å². The molecule has 2 rings (SSSR count). The van der Waals surface area contributed by atoms with E-state index in [1.54, 1.807) is 6.20 Å². The Balaban J connectivity index is 2.27. The molecule has 0 aliphatic heterocycles. The molecule has 0 amide bonds. The lowest BCUT2D eigenvalue weighted by atomic mass is 10.0. The van der Waals surface area contributed by atoms with Crippen LogP contribution in [0.5, 0.6) is 0 Å². The summed E-state index contributed by atoms with van der Waals surface area (Å²) in [6, 6.07) is 8.27. The molecule has 0 aliphatic rings. The molecule has 0 fully saturated rings. The van der Waals surface area contributed by atoms with E-state index >= 15 is 0 Å². The van der Waals surface area contributed by atoms with Gasteiger partial charge in [-0.2, -0.15) is 5.10 Å². The van der Waals surface area contributed by atoms with E-state index in [1.807, 2.05) is 12.1 Å². The molecule has 1 aromatic carbocycles. The van der Waals surface area contributed by atoms with Crippen molar-refractivity contribution >= 4 is 31.9 Å². The van der Waals surface area contributed by atoms with Crippen LogP contribution >= 0.6 is 31.9 Å². The average Bonchev–Trinajstić information content (AvgIpc) is 2.40. The van der Waals surface area contributed by atoms with E-state index in [0.29, 0.717) is 21.4 Å². The van der Waals surface area contributed by atoms with Gasteiger partial charge >= 0.3 is 0 Å². The Morgan fingerprint density at radius 1 is 1.21 bits per heavy atom. The number of hydrogen-bond donors (Lipinski definition) is 0. The third kappa shape index (κ3) is 3.34. The molecule has 19 heavy (non-hydrogen) atoms. The minimum Gasteiger partial charge on any atom is -0.266 e. The topological polar surface area (TPSA) is 34.9 Å². The molecule has 0 unspecified atom stereocenters. The fourth-order valence-corrected chi connectivity index (χ4v) is 2.31. The van der Waals surface area contributed by atoms with Gasteiger partial charge in [0.05, 0.1) is 17.2 Å². The van der Waals surface area contributed by atoms with Crippen molar-refractivity contribution < 1.29 is 0 Å². The fourth-order valence-electron chi connectivity index (χ4n) is 1.74. The third-order valence-corrected chi connectivity index (χ3v) is 4.82. The monoisotopic (exact) mass is 384 g/mol. The molecule has 0 N–H and O–H groups in total. The molecule has 0 saturated carbocycles. The summed E-state index contributed by atoms with van der Waals surface area (Å²) in [4.78, 5) is 12.0. The Kier molecular flexibility index (Phi) is 4.58. The predicted octanol–water partition coefficient (Wildman–Crippen LogP) is 3.94. The van der Waals surface area contributed by atoms with Crippen LogP contribution in [-0.4, -0.2) is 9.78 Å². The van der Waals surface area contributed by atoms with Crippen molar-refractivity contribution in [3.63, 3.8) is 0 Å². The molecule has 5 heteroatoms. The number of benzene rings is 1. The summed E-state index contributed by atoms with van der Waals surface area (Å²) in [5.74, 6) is 0.511. The second kappa shape index (κ2) is 6.01. The number of aromatic nitrogens is 2. The Labute approximate surface area is 128 Å². The quantitative estimate of drug-likeness (QED) is 0.801. The summed E-state index contributed by atoms with van der Waals surface area (Å²) < 4.78 is 2.62. The zero-order valence-corrected chi connectivity index (χ0v) is 13.9. The Hall–Kier alpha value is -0.940. The fraction of sp³-hybridized carbons (Fsp3) is 0.286. The zero-order chi connectivity index (χ0) is 14.0. The molecule has 0 atom stereocenters. The highest BCUT2D eigenvalue weighted by molar-refractivity contribution is 9.13. The maximum atomic E-state index is 12.0. The number of rotatable bonds is 3. The van der Waals surface area contributed by atoms with Crippen molar-refractivity contribution in [3.8, 4) is 0 Å². The average molecular weight is 386 g/mol. The minimum absolute atomic E-state index is 0.137.